The van der Waals surface area contributed by atoms with E-state index in [4.69, 9.17) is 15.0 Å². The maximum atomic E-state index is 5.04. The largest absolute Gasteiger partial charge is 0.208 e. The van der Waals surface area contributed by atoms with E-state index in [0.717, 1.165) is 22.1 Å². The molecule has 0 N–H and O–H groups in total. The van der Waals surface area contributed by atoms with Crippen LogP contribution in [0.3, 0.4) is 0 Å². The molecule has 0 amide bonds. The van der Waals surface area contributed by atoms with Crippen LogP contribution in [-0.4, -0.2) is 15.0 Å². The number of nitrogens with zero attached hydrogens (tertiary/aromatic N) is 3. The van der Waals surface area contributed by atoms with Gasteiger partial charge in [0.25, 0.3) is 0 Å². The molecular formula is C35H21N3S. The minimum atomic E-state index is 0.669. The van der Waals surface area contributed by atoms with Crippen molar-refractivity contribution >= 4 is 53.1 Å². The van der Waals surface area contributed by atoms with Gasteiger partial charge in [0.15, 0.2) is 17.5 Å². The fourth-order valence-corrected chi connectivity index (χ4v) is 6.58. The average Bonchev–Trinajstić information content (AvgIpc) is 3.37. The van der Waals surface area contributed by atoms with Crippen LogP contribution in [-0.2, 0) is 0 Å². The van der Waals surface area contributed by atoms with Gasteiger partial charge in [-0.2, -0.15) is 0 Å². The third-order valence-electron chi connectivity index (χ3n) is 7.30. The highest BCUT2D eigenvalue weighted by molar-refractivity contribution is 7.25. The van der Waals surface area contributed by atoms with Gasteiger partial charge in [-0.25, -0.2) is 15.0 Å². The van der Waals surface area contributed by atoms with Gasteiger partial charge in [-0.05, 0) is 34.4 Å². The minimum absolute atomic E-state index is 0.669. The van der Waals surface area contributed by atoms with E-state index >= 15 is 0 Å². The maximum absolute atomic E-state index is 5.04. The van der Waals surface area contributed by atoms with E-state index in [1.165, 1.54) is 36.3 Å². The molecule has 8 aromatic rings. The van der Waals surface area contributed by atoms with Gasteiger partial charge in [0.05, 0.1) is 0 Å². The molecule has 4 heteroatoms. The van der Waals surface area contributed by atoms with Crippen LogP contribution in [0.15, 0.2) is 127 Å². The fourth-order valence-electron chi connectivity index (χ4n) is 5.45. The number of fused-ring (bicyclic) bond motifs is 6. The molecule has 3 nitrogen and oxygen atoms in total. The van der Waals surface area contributed by atoms with Gasteiger partial charge < -0.3 is 0 Å². The highest BCUT2D eigenvalue weighted by Crippen LogP contribution is 2.40. The van der Waals surface area contributed by atoms with E-state index in [-0.39, 0.29) is 0 Å². The summed E-state index contributed by atoms with van der Waals surface area (Å²) in [5.41, 5.74) is 2.94. The first-order valence-corrected chi connectivity index (χ1v) is 13.8. The molecule has 0 aliphatic rings. The second-order valence-electron chi connectivity index (χ2n) is 9.68. The van der Waals surface area contributed by atoms with Gasteiger partial charge in [-0.3, -0.25) is 0 Å². The molecule has 0 saturated heterocycles. The molecule has 0 atom stereocenters. The maximum Gasteiger partial charge on any atom is 0.164 e. The Morgan fingerprint density at radius 3 is 1.79 bits per heavy atom. The second kappa shape index (κ2) is 8.83. The van der Waals surface area contributed by atoms with Crippen molar-refractivity contribution in [3.63, 3.8) is 0 Å². The zero-order valence-electron chi connectivity index (χ0n) is 20.9. The van der Waals surface area contributed by atoms with Crippen LogP contribution >= 0.6 is 11.3 Å². The Morgan fingerprint density at radius 2 is 1.05 bits per heavy atom. The van der Waals surface area contributed by atoms with Gasteiger partial charge >= 0.3 is 0 Å². The van der Waals surface area contributed by atoms with Crippen LogP contribution in [0.1, 0.15) is 0 Å². The average molecular weight is 516 g/mol. The Bertz CT molecular complexity index is 2110. The fraction of sp³-hybridized carbons (Fsp3) is 0. The predicted octanol–water partition coefficient (Wildman–Crippen LogP) is 9.55. The van der Waals surface area contributed by atoms with E-state index in [2.05, 4.69) is 66.7 Å². The molecule has 2 heterocycles. The third-order valence-corrected chi connectivity index (χ3v) is 8.43. The van der Waals surface area contributed by atoms with Crippen molar-refractivity contribution in [3.05, 3.63) is 127 Å². The van der Waals surface area contributed by atoms with Crippen molar-refractivity contribution in [1.82, 2.24) is 15.0 Å². The number of hydrogen-bond acceptors (Lipinski definition) is 4. The number of rotatable bonds is 3. The van der Waals surface area contributed by atoms with Gasteiger partial charge in [0.1, 0.15) is 0 Å². The first kappa shape index (κ1) is 22.1. The molecule has 0 aliphatic heterocycles. The van der Waals surface area contributed by atoms with Crippen molar-refractivity contribution in [2.75, 3.05) is 0 Å². The van der Waals surface area contributed by atoms with E-state index in [1.54, 1.807) is 0 Å². The standard InChI is InChI=1S/C35H21N3S/c1-3-10-23(11-4-1)33-36-34(24-12-5-2-6-13-24)38-35(37-33)27-16-9-14-22-18-19-25-20-31-29(21-28(25)32(22)27)26-15-7-8-17-30(26)39-31/h1-21H. The SMILES string of the molecule is c1ccc(-c2nc(-c3ccccc3)nc(-c3cccc4ccc5cc6sc7ccccc7c6cc5c34)n2)cc1. The Morgan fingerprint density at radius 1 is 0.410 bits per heavy atom. The topological polar surface area (TPSA) is 38.7 Å². The summed E-state index contributed by atoms with van der Waals surface area (Å²) in [5, 5.41) is 7.35. The quantitative estimate of drug-likeness (QED) is 0.220. The summed E-state index contributed by atoms with van der Waals surface area (Å²) in [6, 6.07) is 44.4. The Labute approximate surface area is 229 Å². The molecule has 0 aliphatic carbocycles. The lowest BCUT2D eigenvalue weighted by Gasteiger charge is -2.12. The van der Waals surface area contributed by atoms with Crippen molar-refractivity contribution < 1.29 is 0 Å². The summed E-state index contributed by atoms with van der Waals surface area (Å²) in [7, 11) is 0. The monoisotopic (exact) mass is 515 g/mol. The summed E-state index contributed by atoms with van der Waals surface area (Å²) in [4.78, 5) is 15.0. The molecule has 6 aromatic carbocycles. The predicted molar refractivity (Wildman–Crippen MR) is 164 cm³/mol. The zero-order valence-corrected chi connectivity index (χ0v) is 21.7. The highest BCUT2D eigenvalue weighted by atomic mass is 32.1. The van der Waals surface area contributed by atoms with Crippen molar-refractivity contribution in [2.45, 2.75) is 0 Å². The van der Waals surface area contributed by atoms with Crippen LogP contribution < -0.4 is 0 Å². The first-order chi connectivity index (χ1) is 19.3. The summed E-state index contributed by atoms with van der Waals surface area (Å²) in [6.07, 6.45) is 0. The Kier molecular flexibility index (Phi) is 5.00. The molecule has 2 aromatic heterocycles. The van der Waals surface area contributed by atoms with Crippen molar-refractivity contribution in [3.8, 4) is 34.2 Å². The molecule has 8 rings (SSSR count). The number of thiophene rings is 1. The molecule has 0 spiro atoms. The van der Waals surface area contributed by atoms with Crippen LogP contribution in [0.4, 0.5) is 0 Å². The number of aromatic nitrogens is 3. The molecule has 182 valence electrons. The van der Waals surface area contributed by atoms with Gasteiger partial charge in [0, 0.05) is 42.2 Å². The van der Waals surface area contributed by atoms with E-state index in [0.29, 0.717) is 17.5 Å². The normalized spacial score (nSPS) is 11.6. The van der Waals surface area contributed by atoms with E-state index in [1.807, 2.05) is 72.0 Å². The van der Waals surface area contributed by atoms with Crippen molar-refractivity contribution in [2.24, 2.45) is 0 Å². The Hall–Kier alpha value is -4.93. The molecule has 0 unspecified atom stereocenters. The molecular weight excluding hydrogens is 494 g/mol. The summed E-state index contributed by atoms with van der Waals surface area (Å²) < 4.78 is 2.61. The summed E-state index contributed by atoms with van der Waals surface area (Å²) in [5.74, 6) is 2.02. The molecule has 0 radical (unpaired) electrons. The number of hydrogen-bond donors (Lipinski definition) is 0. The van der Waals surface area contributed by atoms with Gasteiger partial charge in [-0.15, -0.1) is 11.3 Å². The van der Waals surface area contributed by atoms with Crippen molar-refractivity contribution in [1.29, 1.82) is 0 Å². The minimum Gasteiger partial charge on any atom is -0.208 e. The summed E-state index contributed by atoms with van der Waals surface area (Å²) in [6.45, 7) is 0. The smallest absolute Gasteiger partial charge is 0.164 e. The number of benzene rings is 6. The zero-order chi connectivity index (χ0) is 25.8. The molecule has 39 heavy (non-hydrogen) atoms. The Balaban J connectivity index is 1.45. The van der Waals surface area contributed by atoms with Crippen LogP contribution in [0.5, 0.6) is 0 Å². The molecule has 0 fully saturated rings. The lowest BCUT2D eigenvalue weighted by molar-refractivity contribution is 1.08. The van der Waals surface area contributed by atoms with Crippen LogP contribution in [0, 0.1) is 0 Å². The lowest BCUT2D eigenvalue weighted by atomic mass is 9.96. The first-order valence-electron chi connectivity index (χ1n) is 13.0. The van der Waals surface area contributed by atoms with E-state index in [9.17, 15) is 0 Å². The lowest BCUT2D eigenvalue weighted by Crippen LogP contribution is -2.00. The molecule has 0 saturated carbocycles. The third kappa shape index (κ3) is 3.69. The van der Waals surface area contributed by atoms with Gasteiger partial charge in [0.2, 0.25) is 0 Å². The van der Waals surface area contributed by atoms with Gasteiger partial charge in [-0.1, -0.05) is 109 Å². The summed E-state index contributed by atoms with van der Waals surface area (Å²) >= 11 is 1.85. The van der Waals surface area contributed by atoms with Crippen LogP contribution in [0.2, 0.25) is 0 Å². The van der Waals surface area contributed by atoms with E-state index < -0.39 is 0 Å². The highest BCUT2D eigenvalue weighted by Gasteiger charge is 2.16. The second-order valence-corrected chi connectivity index (χ2v) is 10.8. The van der Waals surface area contributed by atoms with Crippen LogP contribution in [0.25, 0.3) is 75.9 Å². The molecule has 0 bridgehead atoms.